The molecule has 1 aromatic carbocycles. The Hall–Kier alpha value is -2.20. The van der Waals surface area contributed by atoms with Gasteiger partial charge in [0.1, 0.15) is 28.5 Å². The minimum Gasteiger partial charge on any atom is -0.484 e. The van der Waals surface area contributed by atoms with Crippen molar-refractivity contribution in [2.75, 3.05) is 17.7 Å². The van der Waals surface area contributed by atoms with Crippen LogP contribution in [0.2, 0.25) is 0 Å². The average Bonchev–Trinajstić information content (AvgIpc) is 2.69. The molecule has 0 radical (unpaired) electrons. The summed E-state index contributed by atoms with van der Waals surface area (Å²) >= 11 is 3.29. The molecule has 1 saturated heterocycles. The third kappa shape index (κ3) is 4.75. The number of hydrogen-bond donors (Lipinski definition) is 1. The quantitative estimate of drug-likeness (QED) is 0.362. The fourth-order valence-electron chi connectivity index (χ4n) is 3.15. The topological polar surface area (TPSA) is 102 Å². The number of hydrogen-bond acceptors (Lipinski definition) is 6. The van der Waals surface area contributed by atoms with Gasteiger partial charge in [0.25, 0.3) is 11.8 Å². The van der Waals surface area contributed by atoms with E-state index in [0.717, 1.165) is 0 Å². The van der Waals surface area contributed by atoms with Crippen molar-refractivity contribution in [1.29, 1.82) is 0 Å². The second-order valence-electron chi connectivity index (χ2n) is 7.86. The monoisotopic (exact) mass is 498 g/mol. The normalized spacial score (nSPS) is 23.4. The third-order valence-electron chi connectivity index (χ3n) is 4.39. The lowest BCUT2D eigenvalue weighted by Gasteiger charge is -2.49. The molecule has 2 heterocycles. The summed E-state index contributed by atoms with van der Waals surface area (Å²) in [7, 11) is -1.47. The Bertz CT molecular complexity index is 912. The molecule has 0 spiro atoms. The Morgan fingerprint density at radius 2 is 1.93 bits per heavy atom. The zero-order valence-corrected chi connectivity index (χ0v) is 19.2. The van der Waals surface area contributed by atoms with Crippen LogP contribution in [0.5, 0.6) is 5.75 Å². The van der Waals surface area contributed by atoms with E-state index < -0.39 is 45.6 Å². The molecule has 30 heavy (non-hydrogen) atoms. The second-order valence-corrected chi connectivity index (χ2v) is 9.95. The molecule has 2 amide bonds. The number of nitrogens with zero attached hydrogens (tertiary/aromatic N) is 1. The summed E-state index contributed by atoms with van der Waals surface area (Å²) in [6, 6.07) is 7.81. The molecule has 3 rings (SSSR count). The largest absolute Gasteiger partial charge is 0.484 e. The number of rotatable bonds is 6. The smallest absolute Gasteiger partial charge is 0.355 e. The Labute approximate surface area is 185 Å². The van der Waals surface area contributed by atoms with Crippen LogP contribution in [-0.4, -0.2) is 61.6 Å². The van der Waals surface area contributed by atoms with Crippen molar-refractivity contribution < 1.29 is 28.1 Å². The summed E-state index contributed by atoms with van der Waals surface area (Å²) in [5.41, 5.74) is -0.115. The zero-order valence-electron chi connectivity index (χ0n) is 16.8. The van der Waals surface area contributed by atoms with E-state index in [2.05, 4.69) is 21.2 Å². The first kappa shape index (κ1) is 22.5. The first-order valence-electron chi connectivity index (χ1n) is 9.31. The summed E-state index contributed by atoms with van der Waals surface area (Å²) in [6.07, 6.45) is 0. The number of halogens is 1. The van der Waals surface area contributed by atoms with E-state index in [1.807, 2.05) is 6.07 Å². The summed E-state index contributed by atoms with van der Waals surface area (Å²) in [5, 5.41) is 2.04. The van der Waals surface area contributed by atoms with Gasteiger partial charge < -0.3 is 14.8 Å². The standard InChI is InChI=1S/C20H23BrN2O6S/c1-20(2,3)29-19(26)16-12(9-21)11-30(27)18-15(17(25)23(16)18)22-14(24)10-28-13-7-5-4-6-8-13/h4-8,15,18H,9-11H2,1-3H3,(H,22,24)/t15?,18-,30?/m1/s1. The van der Waals surface area contributed by atoms with Crippen molar-refractivity contribution in [3.63, 3.8) is 0 Å². The van der Waals surface area contributed by atoms with Crippen molar-refractivity contribution in [3.05, 3.63) is 41.6 Å². The van der Waals surface area contributed by atoms with Crippen molar-refractivity contribution >= 4 is 44.5 Å². The molecule has 0 bridgehead atoms. The van der Waals surface area contributed by atoms with E-state index in [1.54, 1.807) is 45.0 Å². The Kier molecular flexibility index (Phi) is 6.66. The third-order valence-corrected chi connectivity index (χ3v) is 6.72. The number of nitrogens with one attached hydrogen (secondary N) is 1. The average molecular weight is 499 g/mol. The van der Waals surface area contributed by atoms with Crippen LogP contribution in [0.4, 0.5) is 0 Å². The molecule has 10 heteroatoms. The van der Waals surface area contributed by atoms with Gasteiger partial charge in [0.05, 0.1) is 16.6 Å². The lowest BCUT2D eigenvalue weighted by atomic mass is 10.0. The highest BCUT2D eigenvalue weighted by atomic mass is 79.9. The number of ether oxygens (including phenoxy) is 2. The fraction of sp³-hybridized carbons (Fsp3) is 0.450. The van der Waals surface area contributed by atoms with Crippen LogP contribution < -0.4 is 10.1 Å². The van der Waals surface area contributed by atoms with Crippen molar-refractivity contribution in [1.82, 2.24) is 10.2 Å². The molecular weight excluding hydrogens is 476 g/mol. The summed E-state index contributed by atoms with van der Waals surface area (Å²) in [6.45, 7) is 4.90. The van der Waals surface area contributed by atoms with Gasteiger partial charge >= 0.3 is 5.97 Å². The number of carbonyl (C=O) groups excluding carboxylic acids is 3. The van der Waals surface area contributed by atoms with Crippen LogP contribution in [0.1, 0.15) is 20.8 Å². The highest BCUT2D eigenvalue weighted by Gasteiger charge is 2.57. The van der Waals surface area contributed by atoms with Crippen LogP contribution in [0, 0.1) is 0 Å². The maximum atomic E-state index is 12.8. The number of esters is 1. The number of benzene rings is 1. The Balaban J connectivity index is 1.71. The minimum atomic E-state index is -1.47. The van der Waals surface area contributed by atoms with Crippen molar-refractivity contribution in [2.24, 2.45) is 0 Å². The molecule has 162 valence electrons. The van der Waals surface area contributed by atoms with Gasteiger partial charge in [0.2, 0.25) is 0 Å². The van der Waals surface area contributed by atoms with Crippen LogP contribution in [-0.2, 0) is 29.9 Å². The minimum absolute atomic E-state index is 0.0995. The predicted octanol–water partition coefficient (Wildman–Crippen LogP) is 1.47. The highest BCUT2D eigenvalue weighted by molar-refractivity contribution is 9.09. The predicted molar refractivity (Wildman–Crippen MR) is 114 cm³/mol. The van der Waals surface area contributed by atoms with E-state index in [9.17, 15) is 18.6 Å². The van der Waals surface area contributed by atoms with Gasteiger partial charge in [-0.1, -0.05) is 34.1 Å². The Morgan fingerprint density at radius 3 is 2.53 bits per heavy atom. The zero-order chi connectivity index (χ0) is 22.1. The van der Waals surface area contributed by atoms with E-state index in [1.165, 1.54) is 4.90 Å². The summed E-state index contributed by atoms with van der Waals surface area (Å²) in [4.78, 5) is 38.9. The van der Waals surface area contributed by atoms with Gasteiger partial charge in [-0.25, -0.2) is 4.79 Å². The van der Waals surface area contributed by atoms with Gasteiger partial charge in [-0.2, -0.15) is 0 Å². The maximum Gasteiger partial charge on any atom is 0.355 e. The van der Waals surface area contributed by atoms with Crippen LogP contribution in [0.15, 0.2) is 41.6 Å². The Morgan fingerprint density at radius 1 is 1.27 bits per heavy atom. The molecule has 1 N–H and O–H groups in total. The van der Waals surface area contributed by atoms with Gasteiger partial charge in [-0.05, 0) is 38.5 Å². The highest BCUT2D eigenvalue weighted by Crippen LogP contribution is 2.36. The molecule has 8 nitrogen and oxygen atoms in total. The maximum absolute atomic E-state index is 12.8. The number of β-lactam (4-membered cyclic amide) rings is 1. The number of fused-ring (bicyclic) bond motifs is 1. The lowest BCUT2D eigenvalue weighted by Crippen LogP contribution is -2.74. The van der Waals surface area contributed by atoms with Crippen LogP contribution in [0.3, 0.4) is 0 Å². The van der Waals surface area contributed by atoms with E-state index >= 15 is 0 Å². The number of alkyl halides is 1. The fourth-order valence-corrected chi connectivity index (χ4v) is 5.56. The number of carbonyl (C=O) groups is 3. The summed E-state index contributed by atoms with van der Waals surface area (Å²) in [5.74, 6) is -1.03. The molecule has 3 atom stereocenters. The molecule has 0 aromatic heterocycles. The van der Waals surface area contributed by atoms with E-state index in [-0.39, 0.29) is 23.4 Å². The van der Waals surface area contributed by atoms with Gasteiger partial charge in [0, 0.05) is 5.33 Å². The first-order chi connectivity index (χ1) is 14.1. The van der Waals surface area contributed by atoms with Gasteiger partial charge in [-0.3, -0.25) is 18.7 Å². The number of para-hydroxylation sites is 1. The molecule has 0 saturated carbocycles. The van der Waals surface area contributed by atoms with Gasteiger partial charge in [0.15, 0.2) is 6.61 Å². The molecule has 2 unspecified atom stereocenters. The van der Waals surface area contributed by atoms with Crippen molar-refractivity contribution in [2.45, 2.75) is 37.8 Å². The second kappa shape index (κ2) is 8.89. The number of amides is 2. The summed E-state index contributed by atoms with van der Waals surface area (Å²) < 4.78 is 23.5. The molecule has 1 fully saturated rings. The molecular formula is C20H23BrN2O6S. The van der Waals surface area contributed by atoms with E-state index in [4.69, 9.17) is 9.47 Å². The van der Waals surface area contributed by atoms with E-state index in [0.29, 0.717) is 11.3 Å². The molecule has 0 aliphatic carbocycles. The van der Waals surface area contributed by atoms with Crippen LogP contribution >= 0.6 is 15.9 Å². The van der Waals surface area contributed by atoms with Gasteiger partial charge in [-0.15, -0.1) is 0 Å². The van der Waals surface area contributed by atoms with Crippen molar-refractivity contribution in [3.8, 4) is 5.75 Å². The molecule has 2 aliphatic rings. The van der Waals surface area contributed by atoms with Crippen LogP contribution in [0.25, 0.3) is 0 Å². The first-order valence-corrected chi connectivity index (χ1v) is 11.8. The SMILES string of the molecule is CC(C)(C)OC(=O)C1=C(CBr)CS(=O)[C@@H]2C(NC(=O)COc3ccccc3)C(=O)N12. The molecule has 2 aliphatic heterocycles. The molecule has 1 aromatic rings. The lowest BCUT2D eigenvalue weighted by molar-refractivity contribution is -0.159.